The summed E-state index contributed by atoms with van der Waals surface area (Å²) < 4.78 is 5.01. The van der Waals surface area contributed by atoms with Crippen LogP contribution >= 0.6 is 0 Å². The van der Waals surface area contributed by atoms with Gasteiger partial charge in [-0.2, -0.15) is 0 Å². The number of fused-ring (bicyclic) bond motifs is 1. The van der Waals surface area contributed by atoms with Crippen LogP contribution in [0.5, 0.6) is 0 Å². The van der Waals surface area contributed by atoms with E-state index in [-0.39, 0.29) is 5.63 Å². The molecule has 2 N–H and O–H groups in total. The molecule has 0 unspecified atom stereocenters. The Kier molecular flexibility index (Phi) is 2.00. The molecule has 3 heteroatoms. The SMILES string of the molecule is CCc1cc(N)c2oc(=O)ccc2c1. The van der Waals surface area contributed by atoms with Gasteiger partial charge in [0.2, 0.25) is 0 Å². The molecule has 0 aliphatic rings. The number of nitrogen functional groups attached to an aromatic ring is 1. The monoisotopic (exact) mass is 189 g/mol. The number of hydrogen-bond acceptors (Lipinski definition) is 3. The third kappa shape index (κ3) is 1.37. The quantitative estimate of drug-likeness (QED) is 0.551. The first-order valence-electron chi connectivity index (χ1n) is 4.53. The summed E-state index contributed by atoms with van der Waals surface area (Å²) in [5.41, 5.74) is 7.55. The van der Waals surface area contributed by atoms with Crippen LogP contribution in [0.4, 0.5) is 5.69 Å². The van der Waals surface area contributed by atoms with Crippen molar-refractivity contribution in [1.29, 1.82) is 0 Å². The maximum Gasteiger partial charge on any atom is 0.336 e. The molecule has 0 fully saturated rings. The van der Waals surface area contributed by atoms with Crippen LogP contribution in [-0.4, -0.2) is 0 Å². The van der Waals surface area contributed by atoms with Crippen molar-refractivity contribution in [2.45, 2.75) is 13.3 Å². The smallest absolute Gasteiger partial charge is 0.336 e. The fourth-order valence-corrected chi connectivity index (χ4v) is 1.48. The summed E-state index contributed by atoms with van der Waals surface area (Å²) in [6, 6.07) is 6.96. The first-order valence-corrected chi connectivity index (χ1v) is 4.53. The van der Waals surface area contributed by atoms with E-state index in [1.54, 1.807) is 6.07 Å². The first kappa shape index (κ1) is 8.81. The Morgan fingerprint density at radius 2 is 2.14 bits per heavy atom. The summed E-state index contributed by atoms with van der Waals surface area (Å²) in [5, 5.41) is 0.876. The summed E-state index contributed by atoms with van der Waals surface area (Å²) in [6.07, 6.45) is 0.916. The highest BCUT2D eigenvalue weighted by atomic mass is 16.4. The van der Waals surface area contributed by atoms with Gasteiger partial charge in [0.25, 0.3) is 0 Å². The Balaban J connectivity index is 2.83. The molecule has 0 bridgehead atoms. The fourth-order valence-electron chi connectivity index (χ4n) is 1.48. The molecular formula is C11H11NO2. The van der Waals surface area contributed by atoms with Gasteiger partial charge in [-0.1, -0.05) is 6.92 Å². The second-order valence-electron chi connectivity index (χ2n) is 3.21. The predicted molar refractivity (Wildman–Crippen MR) is 56.3 cm³/mol. The minimum atomic E-state index is -0.367. The number of rotatable bonds is 1. The summed E-state index contributed by atoms with van der Waals surface area (Å²) in [4.78, 5) is 11.0. The van der Waals surface area contributed by atoms with Gasteiger partial charge >= 0.3 is 5.63 Å². The van der Waals surface area contributed by atoms with Gasteiger partial charge < -0.3 is 10.2 Å². The van der Waals surface area contributed by atoms with Crippen molar-refractivity contribution in [3.8, 4) is 0 Å². The van der Waals surface area contributed by atoms with Crippen LogP contribution in [0.2, 0.25) is 0 Å². The van der Waals surface area contributed by atoms with E-state index < -0.39 is 0 Å². The standard InChI is InChI=1S/C11H11NO2/c1-2-7-5-8-3-4-10(13)14-11(8)9(12)6-7/h3-6H,2,12H2,1H3. The molecule has 1 aromatic carbocycles. The van der Waals surface area contributed by atoms with Gasteiger partial charge in [-0.05, 0) is 30.2 Å². The van der Waals surface area contributed by atoms with Crippen molar-refractivity contribution < 1.29 is 4.42 Å². The van der Waals surface area contributed by atoms with Crippen molar-refractivity contribution in [1.82, 2.24) is 0 Å². The normalized spacial score (nSPS) is 10.6. The zero-order valence-electron chi connectivity index (χ0n) is 7.91. The van der Waals surface area contributed by atoms with Gasteiger partial charge in [-0.25, -0.2) is 4.79 Å². The molecule has 2 rings (SSSR count). The number of anilines is 1. The maximum absolute atomic E-state index is 11.0. The van der Waals surface area contributed by atoms with Crippen molar-refractivity contribution in [3.63, 3.8) is 0 Å². The van der Waals surface area contributed by atoms with E-state index in [0.717, 1.165) is 17.4 Å². The number of aryl methyl sites for hydroxylation is 1. The molecule has 0 atom stereocenters. The van der Waals surface area contributed by atoms with Gasteiger partial charge in [0, 0.05) is 11.5 Å². The fraction of sp³-hybridized carbons (Fsp3) is 0.182. The van der Waals surface area contributed by atoms with Crippen molar-refractivity contribution in [2.24, 2.45) is 0 Å². The molecule has 0 spiro atoms. The van der Waals surface area contributed by atoms with Crippen molar-refractivity contribution in [2.75, 3.05) is 5.73 Å². The third-order valence-corrected chi connectivity index (χ3v) is 2.22. The largest absolute Gasteiger partial charge is 0.421 e. The van der Waals surface area contributed by atoms with E-state index in [9.17, 15) is 4.79 Å². The molecule has 14 heavy (non-hydrogen) atoms. The Morgan fingerprint density at radius 3 is 2.86 bits per heavy atom. The van der Waals surface area contributed by atoms with E-state index in [2.05, 4.69) is 6.92 Å². The molecule has 0 radical (unpaired) electrons. The molecule has 0 saturated heterocycles. The van der Waals surface area contributed by atoms with Gasteiger partial charge in [0.05, 0.1) is 5.69 Å². The van der Waals surface area contributed by atoms with Crippen LogP contribution in [0.1, 0.15) is 12.5 Å². The zero-order valence-corrected chi connectivity index (χ0v) is 7.91. The highest BCUT2D eigenvalue weighted by Gasteiger charge is 2.03. The van der Waals surface area contributed by atoms with Crippen LogP contribution in [0.25, 0.3) is 11.0 Å². The molecule has 0 aliphatic carbocycles. The predicted octanol–water partition coefficient (Wildman–Crippen LogP) is 1.94. The highest BCUT2D eigenvalue weighted by Crippen LogP contribution is 2.21. The topological polar surface area (TPSA) is 56.2 Å². The van der Waals surface area contributed by atoms with E-state index in [1.807, 2.05) is 12.1 Å². The third-order valence-electron chi connectivity index (χ3n) is 2.22. The molecule has 1 heterocycles. The molecule has 0 saturated carbocycles. The average Bonchev–Trinajstić information content (AvgIpc) is 2.19. The van der Waals surface area contributed by atoms with Crippen molar-refractivity contribution >= 4 is 16.7 Å². The summed E-state index contributed by atoms with van der Waals surface area (Å²) in [6.45, 7) is 2.06. The second kappa shape index (κ2) is 3.18. The molecule has 0 aliphatic heterocycles. The molecule has 0 amide bonds. The summed E-state index contributed by atoms with van der Waals surface area (Å²) in [7, 11) is 0. The average molecular weight is 189 g/mol. The second-order valence-corrected chi connectivity index (χ2v) is 3.21. The van der Waals surface area contributed by atoms with Gasteiger partial charge in [-0.3, -0.25) is 0 Å². The van der Waals surface area contributed by atoms with Crippen LogP contribution in [0, 0.1) is 0 Å². The lowest BCUT2D eigenvalue weighted by Crippen LogP contribution is -1.98. The van der Waals surface area contributed by atoms with E-state index in [1.165, 1.54) is 6.07 Å². The van der Waals surface area contributed by atoms with Crippen molar-refractivity contribution in [3.05, 3.63) is 40.2 Å². The Labute approximate surface area is 81.1 Å². The zero-order chi connectivity index (χ0) is 10.1. The molecule has 3 nitrogen and oxygen atoms in total. The Bertz CT molecular complexity index is 528. The number of benzene rings is 1. The van der Waals surface area contributed by atoms with Gasteiger partial charge in [-0.15, -0.1) is 0 Å². The number of nitrogens with two attached hydrogens (primary N) is 1. The molecule has 2 aromatic rings. The Hall–Kier alpha value is -1.77. The molecule has 1 aromatic heterocycles. The highest BCUT2D eigenvalue weighted by molar-refractivity contribution is 5.87. The lowest BCUT2D eigenvalue weighted by molar-refractivity contribution is 0.562. The Morgan fingerprint density at radius 1 is 1.36 bits per heavy atom. The van der Waals surface area contributed by atoms with E-state index >= 15 is 0 Å². The van der Waals surface area contributed by atoms with Crippen LogP contribution in [0.3, 0.4) is 0 Å². The van der Waals surface area contributed by atoms with E-state index in [0.29, 0.717) is 11.3 Å². The van der Waals surface area contributed by atoms with E-state index in [4.69, 9.17) is 10.2 Å². The number of hydrogen-bond donors (Lipinski definition) is 1. The van der Waals surface area contributed by atoms with Crippen LogP contribution < -0.4 is 11.4 Å². The summed E-state index contributed by atoms with van der Waals surface area (Å²) >= 11 is 0. The minimum absolute atomic E-state index is 0.367. The van der Waals surface area contributed by atoms with Gasteiger partial charge in [0.15, 0.2) is 5.58 Å². The molecule has 72 valence electrons. The first-order chi connectivity index (χ1) is 6.70. The van der Waals surface area contributed by atoms with Crippen LogP contribution in [0.15, 0.2) is 33.5 Å². The maximum atomic E-state index is 11.0. The minimum Gasteiger partial charge on any atom is -0.421 e. The van der Waals surface area contributed by atoms with Gasteiger partial charge in [0.1, 0.15) is 0 Å². The molecular weight excluding hydrogens is 178 g/mol. The lowest BCUT2D eigenvalue weighted by Gasteiger charge is -2.03. The van der Waals surface area contributed by atoms with Crippen LogP contribution in [-0.2, 0) is 6.42 Å². The lowest BCUT2D eigenvalue weighted by atomic mass is 10.1. The summed E-state index contributed by atoms with van der Waals surface area (Å²) in [5.74, 6) is 0.